The summed E-state index contributed by atoms with van der Waals surface area (Å²) in [6.07, 6.45) is 1.62. The highest BCUT2D eigenvalue weighted by atomic mass is 32.2. The van der Waals surface area contributed by atoms with Crippen molar-refractivity contribution in [3.63, 3.8) is 0 Å². The summed E-state index contributed by atoms with van der Waals surface area (Å²) in [7, 11) is 0. The lowest BCUT2D eigenvalue weighted by atomic mass is 10.2. The lowest BCUT2D eigenvalue weighted by Gasteiger charge is -2.20. The Morgan fingerprint density at radius 3 is 3.00 bits per heavy atom. The topological polar surface area (TPSA) is 46.6 Å². The van der Waals surface area contributed by atoms with Gasteiger partial charge in [-0.25, -0.2) is 0 Å². The average Bonchev–Trinajstić information content (AvgIpc) is 2.18. The van der Waals surface area contributed by atoms with Crippen LogP contribution in [0.1, 0.15) is 13.8 Å². The first-order chi connectivity index (χ1) is 7.09. The number of amides is 1. The van der Waals surface area contributed by atoms with E-state index in [-0.39, 0.29) is 18.4 Å². The van der Waals surface area contributed by atoms with Crippen molar-refractivity contribution in [2.75, 3.05) is 18.9 Å². The van der Waals surface area contributed by atoms with Crippen molar-refractivity contribution in [2.45, 2.75) is 13.8 Å². The summed E-state index contributed by atoms with van der Waals surface area (Å²) < 4.78 is 4.98. The molecule has 0 spiro atoms. The summed E-state index contributed by atoms with van der Waals surface area (Å²) in [4.78, 5) is 24.0. The number of rotatable bonds is 4. The van der Waals surface area contributed by atoms with Crippen LogP contribution in [0, 0.1) is 5.92 Å². The summed E-state index contributed by atoms with van der Waals surface area (Å²) in [6.45, 7) is 4.35. The molecule has 5 heteroatoms. The van der Waals surface area contributed by atoms with Gasteiger partial charge in [-0.1, -0.05) is 13.8 Å². The van der Waals surface area contributed by atoms with Gasteiger partial charge in [-0.3, -0.25) is 9.59 Å². The minimum Gasteiger partial charge on any atom is -0.464 e. The smallest absolute Gasteiger partial charge is 0.326 e. The fourth-order valence-corrected chi connectivity index (χ4v) is 1.62. The first-order valence-electron chi connectivity index (χ1n) is 4.83. The van der Waals surface area contributed by atoms with Crippen LogP contribution in [0.5, 0.6) is 0 Å². The Morgan fingerprint density at radius 2 is 2.40 bits per heavy atom. The molecule has 1 aliphatic rings. The molecule has 1 aliphatic heterocycles. The van der Waals surface area contributed by atoms with Crippen molar-refractivity contribution < 1.29 is 14.3 Å². The Morgan fingerprint density at radius 1 is 1.67 bits per heavy atom. The molecule has 0 N–H and O–H groups in total. The molecule has 0 aromatic carbocycles. The quantitative estimate of drug-likeness (QED) is 0.680. The molecule has 0 saturated heterocycles. The molecule has 0 aromatic heterocycles. The van der Waals surface area contributed by atoms with Gasteiger partial charge in [-0.15, -0.1) is 11.8 Å². The van der Waals surface area contributed by atoms with Crippen LogP contribution < -0.4 is 0 Å². The first kappa shape index (κ1) is 12.1. The number of hydrogen-bond acceptors (Lipinski definition) is 4. The van der Waals surface area contributed by atoms with Crippen molar-refractivity contribution in [1.82, 2.24) is 4.90 Å². The molecular formula is C10H15NO3S. The largest absolute Gasteiger partial charge is 0.464 e. The number of carbonyl (C=O) groups is 2. The van der Waals surface area contributed by atoms with Crippen molar-refractivity contribution in [3.8, 4) is 0 Å². The van der Waals surface area contributed by atoms with Crippen LogP contribution in [-0.2, 0) is 14.3 Å². The molecule has 0 saturated carbocycles. The summed E-state index contributed by atoms with van der Waals surface area (Å²) in [6, 6.07) is 0. The number of thioether (sulfide) groups is 1. The third-order valence-electron chi connectivity index (χ3n) is 1.74. The SMILES string of the molecule is CC(C)COC(=O)CN1C=CSCC1=O. The monoisotopic (exact) mass is 229 g/mol. The van der Waals surface area contributed by atoms with E-state index in [4.69, 9.17) is 4.74 Å². The van der Waals surface area contributed by atoms with Gasteiger partial charge in [0.25, 0.3) is 0 Å². The predicted molar refractivity (Wildman–Crippen MR) is 59.1 cm³/mol. The molecule has 15 heavy (non-hydrogen) atoms. The number of carbonyl (C=O) groups excluding carboxylic acids is 2. The van der Waals surface area contributed by atoms with Crippen molar-refractivity contribution >= 4 is 23.6 Å². The molecule has 0 radical (unpaired) electrons. The number of esters is 1. The fraction of sp³-hybridized carbons (Fsp3) is 0.600. The van der Waals surface area contributed by atoms with Crippen molar-refractivity contribution in [2.24, 2.45) is 5.92 Å². The first-order valence-corrected chi connectivity index (χ1v) is 5.88. The second-order valence-corrected chi connectivity index (χ2v) is 4.59. The minimum absolute atomic E-state index is 0.0165. The molecule has 0 atom stereocenters. The Balaban J connectivity index is 2.33. The van der Waals surface area contributed by atoms with Gasteiger partial charge in [0.2, 0.25) is 5.91 Å². The van der Waals surface area contributed by atoms with E-state index >= 15 is 0 Å². The van der Waals surface area contributed by atoms with Crippen molar-refractivity contribution in [1.29, 1.82) is 0 Å². The highest BCUT2D eigenvalue weighted by Gasteiger charge is 2.18. The summed E-state index contributed by atoms with van der Waals surface area (Å²) in [5.74, 6) is 0.309. The number of ether oxygens (including phenoxy) is 1. The Labute approximate surface area is 93.6 Å². The van der Waals surface area contributed by atoms with Gasteiger partial charge in [0, 0.05) is 6.20 Å². The molecule has 0 unspecified atom stereocenters. The molecule has 0 aliphatic carbocycles. The second kappa shape index (κ2) is 5.80. The Kier molecular flexibility index (Phi) is 4.68. The third-order valence-corrected chi connectivity index (χ3v) is 2.47. The maximum atomic E-state index is 11.3. The maximum absolute atomic E-state index is 11.3. The van der Waals surface area contributed by atoms with Crippen LogP contribution in [0.25, 0.3) is 0 Å². The van der Waals surface area contributed by atoms with Gasteiger partial charge >= 0.3 is 5.97 Å². The summed E-state index contributed by atoms with van der Waals surface area (Å²) in [5.41, 5.74) is 0. The maximum Gasteiger partial charge on any atom is 0.326 e. The van der Waals surface area contributed by atoms with Crippen LogP contribution in [0.2, 0.25) is 0 Å². The van der Waals surface area contributed by atoms with Crippen LogP contribution in [0.15, 0.2) is 11.6 Å². The van der Waals surface area contributed by atoms with Gasteiger partial charge in [-0.2, -0.15) is 0 Å². The van der Waals surface area contributed by atoms with Crippen LogP contribution >= 0.6 is 11.8 Å². The van der Waals surface area contributed by atoms with Gasteiger partial charge in [-0.05, 0) is 11.3 Å². The van der Waals surface area contributed by atoms with E-state index in [0.29, 0.717) is 18.3 Å². The number of nitrogens with zero attached hydrogens (tertiary/aromatic N) is 1. The van der Waals surface area contributed by atoms with Crippen LogP contribution in [-0.4, -0.2) is 35.7 Å². The molecule has 0 fully saturated rings. The Hall–Kier alpha value is -0.970. The minimum atomic E-state index is -0.353. The molecule has 84 valence electrons. The molecule has 1 heterocycles. The van der Waals surface area contributed by atoms with Crippen LogP contribution in [0.3, 0.4) is 0 Å². The van der Waals surface area contributed by atoms with E-state index in [1.165, 1.54) is 16.7 Å². The van der Waals surface area contributed by atoms with Crippen molar-refractivity contribution in [3.05, 3.63) is 11.6 Å². The predicted octanol–water partition coefficient (Wildman–Crippen LogP) is 1.23. The highest BCUT2D eigenvalue weighted by Crippen LogP contribution is 2.11. The molecule has 4 nitrogen and oxygen atoms in total. The summed E-state index contributed by atoms with van der Waals surface area (Å²) in [5, 5.41) is 1.80. The van der Waals surface area contributed by atoms with Gasteiger partial charge in [0.1, 0.15) is 6.54 Å². The zero-order valence-electron chi connectivity index (χ0n) is 8.93. The second-order valence-electron chi connectivity index (χ2n) is 3.69. The standard InChI is InChI=1S/C10H15NO3S/c1-8(2)6-14-10(13)5-11-3-4-15-7-9(11)12/h3-4,8H,5-7H2,1-2H3. The van der Waals surface area contributed by atoms with E-state index in [1.807, 2.05) is 13.8 Å². The number of hydrogen-bond donors (Lipinski definition) is 0. The molecule has 1 amide bonds. The summed E-state index contributed by atoms with van der Waals surface area (Å²) >= 11 is 1.43. The molecule has 1 rings (SSSR count). The lowest BCUT2D eigenvalue weighted by Crippen LogP contribution is -2.35. The van der Waals surface area contributed by atoms with E-state index < -0.39 is 0 Å². The van der Waals surface area contributed by atoms with E-state index in [2.05, 4.69) is 0 Å². The third kappa shape index (κ3) is 4.38. The highest BCUT2D eigenvalue weighted by molar-refractivity contribution is 8.02. The lowest BCUT2D eigenvalue weighted by molar-refractivity contribution is -0.148. The van der Waals surface area contributed by atoms with Gasteiger partial charge in [0.05, 0.1) is 12.4 Å². The molecular weight excluding hydrogens is 214 g/mol. The zero-order valence-corrected chi connectivity index (χ0v) is 9.75. The van der Waals surface area contributed by atoms with E-state index in [1.54, 1.807) is 11.6 Å². The van der Waals surface area contributed by atoms with E-state index in [0.717, 1.165) is 0 Å². The molecule has 0 aromatic rings. The zero-order chi connectivity index (χ0) is 11.3. The Bertz CT molecular complexity index is 276. The fourth-order valence-electron chi connectivity index (χ4n) is 0.987. The normalized spacial score (nSPS) is 15.9. The molecule has 0 bridgehead atoms. The van der Waals surface area contributed by atoms with Gasteiger partial charge < -0.3 is 9.64 Å². The average molecular weight is 229 g/mol. The van der Waals surface area contributed by atoms with Crippen LogP contribution in [0.4, 0.5) is 0 Å². The van der Waals surface area contributed by atoms with Gasteiger partial charge in [0.15, 0.2) is 0 Å². The van der Waals surface area contributed by atoms with E-state index in [9.17, 15) is 9.59 Å².